The molecule has 0 atom stereocenters. The Balaban J connectivity index is -0.0000000817. The van der Waals surface area contributed by atoms with Gasteiger partial charge in [0.2, 0.25) is 0 Å². The van der Waals surface area contributed by atoms with Crippen LogP contribution in [0.1, 0.15) is 27.7 Å². The Bertz CT molecular complexity index is 66.0. The molecule has 0 unspecified atom stereocenters. The molecular formula is C7H19ClMgOSi. The molecule has 4 heteroatoms. The Morgan fingerprint density at radius 2 is 1.64 bits per heavy atom. The summed E-state index contributed by atoms with van der Waals surface area (Å²) in [6, 6.07) is 2.14. The molecule has 0 spiro atoms. The first-order chi connectivity index (χ1) is 3.56. The molecule has 0 amide bonds. The maximum Gasteiger partial charge on any atom is 2.00 e. The third kappa shape index (κ3) is 24.6. The van der Waals surface area contributed by atoms with E-state index in [2.05, 4.69) is 33.7 Å². The minimum absolute atomic E-state index is 0. The smallest absolute Gasteiger partial charge is 0.452 e. The Labute approximate surface area is 96.2 Å². The quantitative estimate of drug-likeness (QED) is 0.493. The van der Waals surface area contributed by atoms with E-state index in [9.17, 15) is 0 Å². The van der Waals surface area contributed by atoms with Gasteiger partial charge < -0.3 is 17.9 Å². The topological polar surface area (TPSA) is 9.23 Å². The van der Waals surface area contributed by atoms with Crippen molar-refractivity contribution in [2.75, 3.05) is 0 Å². The SMILES string of the molecule is C[CH-][SiH2]OC(C)(C)C.Cl.[CH3-].[Mg+2]. The van der Waals surface area contributed by atoms with Crippen LogP contribution in [0, 0.1) is 13.5 Å². The Morgan fingerprint density at radius 3 is 1.73 bits per heavy atom. The third-order valence-corrected chi connectivity index (χ3v) is 2.05. The van der Waals surface area contributed by atoms with E-state index in [0.29, 0.717) is 0 Å². The summed E-state index contributed by atoms with van der Waals surface area (Å²) in [5, 5.41) is 0. The van der Waals surface area contributed by atoms with Gasteiger partial charge in [-0.1, -0.05) is 0 Å². The minimum atomic E-state index is -0.307. The summed E-state index contributed by atoms with van der Waals surface area (Å²) in [5.74, 6) is 0. The molecule has 0 saturated carbocycles. The first kappa shape index (κ1) is 22.8. The van der Waals surface area contributed by atoms with Crippen molar-refractivity contribution >= 4 is 45.2 Å². The van der Waals surface area contributed by atoms with Gasteiger partial charge in [0.1, 0.15) is 0 Å². The second kappa shape index (κ2) is 11.2. The van der Waals surface area contributed by atoms with Crippen molar-refractivity contribution in [2.45, 2.75) is 33.3 Å². The average Bonchev–Trinajstić information content (AvgIpc) is 1.59. The molecule has 0 fully saturated rings. The van der Waals surface area contributed by atoms with E-state index in [4.69, 9.17) is 4.43 Å². The van der Waals surface area contributed by atoms with Crippen molar-refractivity contribution in [3.63, 3.8) is 0 Å². The van der Waals surface area contributed by atoms with Crippen LogP contribution in [-0.4, -0.2) is 38.4 Å². The molecule has 11 heavy (non-hydrogen) atoms. The van der Waals surface area contributed by atoms with Gasteiger partial charge in [-0.2, -0.15) is 6.92 Å². The molecule has 0 aliphatic carbocycles. The first-order valence-electron chi connectivity index (χ1n) is 2.98. The van der Waals surface area contributed by atoms with Crippen LogP contribution in [0.5, 0.6) is 0 Å². The zero-order valence-corrected chi connectivity index (χ0v) is 12.0. The van der Waals surface area contributed by atoms with Gasteiger partial charge in [0.05, 0.1) is 0 Å². The third-order valence-electron chi connectivity index (χ3n) is 0.683. The van der Waals surface area contributed by atoms with Crippen molar-refractivity contribution < 1.29 is 4.43 Å². The van der Waals surface area contributed by atoms with Gasteiger partial charge >= 0.3 is 23.1 Å². The number of halogens is 1. The molecule has 0 rings (SSSR count). The van der Waals surface area contributed by atoms with E-state index in [0.717, 1.165) is 0 Å². The van der Waals surface area contributed by atoms with Crippen LogP contribution in [0.2, 0.25) is 0 Å². The molecular weight excluding hydrogens is 188 g/mol. The van der Waals surface area contributed by atoms with E-state index >= 15 is 0 Å². The Kier molecular flexibility index (Phi) is 23.3. The summed E-state index contributed by atoms with van der Waals surface area (Å²) in [6.45, 7) is 8.31. The van der Waals surface area contributed by atoms with E-state index in [-0.39, 0.29) is 58.3 Å². The van der Waals surface area contributed by atoms with Gasteiger partial charge in [-0.05, 0) is 20.8 Å². The van der Waals surface area contributed by atoms with Crippen LogP contribution in [0.25, 0.3) is 0 Å². The van der Waals surface area contributed by atoms with Crippen molar-refractivity contribution in [3.05, 3.63) is 13.5 Å². The Morgan fingerprint density at radius 1 is 1.27 bits per heavy atom. The van der Waals surface area contributed by atoms with Crippen molar-refractivity contribution in [2.24, 2.45) is 0 Å². The average molecular weight is 207 g/mol. The fourth-order valence-electron chi connectivity index (χ4n) is 0.333. The van der Waals surface area contributed by atoms with Crippen LogP contribution in [-0.2, 0) is 4.43 Å². The van der Waals surface area contributed by atoms with Crippen molar-refractivity contribution in [1.29, 1.82) is 0 Å². The van der Waals surface area contributed by atoms with E-state index in [1.165, 1.54) is 0 Å². The van der Waals surface area contributed by atoms with Gasteiger partial charge in [-0.25, -0.2) is 0 Å². The number of hydrogen-bond donors (Lipinski definition) is 0. The summed E-state index contributed by atoms with van der Waals surface area (Å²) in [4.78, 5) is 0. The maximum atomic E-state index is 5.46. The van der Waals surface area contributed by atoms with Crippen LogP contribution < -0.4 is 0 Å². The molecule has 0 bridgehead atoms. The predicted octanol–water partition coefficient (Wildman–Crippen LogP) is 1.56. The van der Waals surface area contributed by atoms with Gasteiger partial charge in [0.25, 0.3) is 0 Å². The molecule has 0 aromatic rings. The number of hydrogen-bond acceptors (Lipinski definition) is 1. The summed E-state index contributed by atoms with van der Waals surface area (Å²) < 4.78 is 5.46. The molecule has 0 aliphatic rings. The molecule has 0 N–H and O–H groups in total. The summed E-state index contributed by atoms with van der Waals surface area (Å²) in [6.07, 6.45) is 0. The zero-order chi connectivity index (χ0) is 6.62. The minimum Gasteiger partial charge on any atom is -0.452 e. The van der Waals surface area contributed by atoms with E-state index < -0.39 is 0 Å². The van der Waals surface area contributed by atoms with Gasteiger partial charge in [-0.3, -0.25) is 0 Å². The molecule has 1 nitrogen and oxygen atoms in total. The number of rotatable bonds is 2. The zero-order valence-electron chi connectivity index (χ0n) is 8.31. The molecule has 0 radical (unpaired) electrons. The maximum absolute atomic E-state index is 5.46. The second-order valence-corrected chi connectivity index (χ2v) is 4.27. The summed E-state index contributed by atoms with van der Waals surface area (Å²) >= 11 is 0. The molecule has 0 aliphatic heterocycles. The van der Waals surface area contributed by atoms with Crippen LogP contribution in [0.3, 0.4) is 0 Å². The fourth-order valence-corrected chi connectivity index (χ4v) is 1.00. The van der Waals surface area contributed by atoms with Gasteiger partial charge in [0.15, 0.2) is 0 Å². The molecule has 0 aromatic heterocycles. The van der Waals surface area contributed by atoms with Crippen LogP contribution in [0.4, 0.5) is 0 Å². The van der Waals surface area contributed by atoms with Crippen LogP contribution >= 0.6 is 12.4 Å². The fraction of sp³-hybridized carbons (Fsp3) is 0.714. The Hall–Kier alpha value is 1.23. The first-order valence-corrected chi connectivity index (χ1v) is 4.37. The second-order valence-electron chi connectivity index (χ2n) is 2.83. The summed E-state index contributed by atoms with van der Waals surface area (Å²) in [7, 11) is -0.307. The molecule has 66 valence electrons. The predicted molar refractivity (Wildman–Crippen MR) is 58.8 cm³/mol. The monoisotopic (exact) mass is 206 g/mol. The summed E-state index contributed by atoms with van der Waals surface area (Å²) in [5.41, 5.74) is 0.0821. The molecule has 0 saturated heterocycles. The van der Waals surface area contributed by atoms with Crippen molar-refractivity contribution in [1.82, 2.24) is 0 Å². The normalized spacial score (nSPS) is 9.82. The van der Waals surface area contributed by atoms with E-state index in [1.54, 1.807) is 0 Å². The standard InChI is InChI=1S/C6H15OSi.CH3.ClH.Mg/c1-5-8-7-6(2,3)4;;;/h5H,8H2,1-4H3;1H3;1H;/q2*-1;;+2. The molecule has 0 heterocycles. The molecule has 0 aromatic carbocycles. The van der Waals surface area contributed by atoms with Gasteiger partial charge in [0, 0.05) is 15.4 Å². The van der Waals surface area contributed by atoms with Crippen molar-refractivity contribution in [3.8, 4) is 0 Å². The van der Waals surface area contributed by atoms with Gasteiger partial charge in [-0.15, -0.1) is 12.4 Å². The van der Waals surface area contributed by atoms with Crippen LogP contribution in [0.15, 0.2) is 0 Å². The largest absolute Gasteiger partial charge is 2.00 e. The van der Waals surface area contributed by atoms with E-state index in [1.807, 2.05) is 0 Å².